The van der Waals surface area contributed by atoms with Gasteiger partial charge in [-0.3, -0.25) is 0 Å². The van der Waals surface area contributed by atoms with Crippen molar-refractivity contribution in [3.05, 3.63) is 0 Å². The van der Waals surface area contributed by atoms with E-state index in [2.05, 4.69) is 10.6 Å². The molecular formula is C7H14F2N2S. The van der Waals surface area contributed by atoms with Crippen molar-refractivity contribution in [2.24, 2.45) is 5.92 Å². The molecule has 0 aromatic rings. The second kappa shape index (κ2) is 6.11. The lowest BCUT2D eigenvalue weighted by Gasteiger charge is -2.11. The van der Waals surface area contributed by atoms with Crippen molar-refractivity contribution in [3.63, 3.8) is 0 Å². The van der Waals surface area contributed by atoms with Gasteiger partial charge in [-0.25, -0.2) is 8.78 Å². The normalized spacial score (nSPS) is 10.5. The highest BCUT2D eigenvalue weighted by molar-refractivity contribution is 7.80. The van der Waals surface area contributed by atoms with Gasteiger partial charge in [-0.1, -0.05) is 13.8 Å². The van der Waals surface area contributed by atoms with Gasteiger partial charge in [0.05, 0.1) is 6.54 Å². The molecule has 0 aromatic heterocycles. The van der Waals surface area contributed by atoms with Crippen LogP contribution in [0.25, 0.3) is 0 Å². The molecule has 2 nitrogen and oxygen atoms in total. The summed E-state index contributed by atoms with van der Waals surface area (Å²) in [7, 11) is 0. The van der Waals surface area contributed by atoms with E-state index in [1.807, 2.05) is 13.8 Å². The lowest BCUT2D eigenvalue weighted by atomic mass is 10.2. The zero-order valence-corrected chi connectivity index (χ0v) is 8.05. The molecule has 0 atom stereocenters. The highest BCUT2D eigenvalue weighted by atomic mass is 32.1. The van der Waals surface area contributed by atoms with Crippen LogP contribution >= 0.6 is 12.2 Å². The molecule has 12 heavy (non-hydrogen) atoms. The molecule has 0 aromatic carbocycles. The molecule has 0 spiro atoms. The number of hydrogen-bond acceptors (Lipinski definition) is 1. The van der Waals surface area contributed by atoms with Gasteiger partial charge in [-0.2, -0.15) is 0 Å². The first-order chi connectivity index (χ1) is 5.52. The van der Waals surface area contributed by atoms with E-state index in [1.54, 1.807) is 0 Å². The monoisotopic (exact) mass is 196 g/mol. The first kappa shape index (κ1) is 11.6. The molecule has 0 heterocycles. The Bertz CT molecular complexity index is 125. The van der Waals surface area contributed by atoms with Crippen LogP contribution in [0.1, 0.15) is 13.8 Å². The van der Waals surface area contributed by atoms with Gasteiger partial charge in [0, 0.05) is 6.54 Å². The lowest BCUT2D eigenvalue weighted by molar-refractivity contribution is 0.152. The van der Waals surface area contributed by atoms with Gasteiger partial charge in [0.25, 0.3) is 6.43 Å². The van der Waals surface area contributed by atoms with Crippen molar-refractivity contribution < 1.29 is 8.78 Å². The van der Waals surface area contributed by atoms with E-state index in [9.17, 15) is 8.78 Å². The first-order valence-corrected chi connectivity index (χ1v) is 4.23. The van der Waals surface area contributed by atoms with Gasteiger partial charge >= 0.3 is 0 Å². The molecule has 0 unspecified atom stereocenters. The smallest absolute Gasteiger partial charge is 0.255 e. The van der Waals surface area contributed by atoms with Crippen LogP contribution in [0.2, 0.25) is 0 Å². The Morgan fingerprint density at radius 2 is 1.75 bits per heavy atom. The Hall–Kier alpha value is -0.450. The first-order valence-electron chi connectivity index (χ1n) is 3.82. The van der Waals surface area contributed by atoms with E-state index in [0.717, 1.165) is 0 Å². The highest BCUT2D eigenvalue weighted by Crippen LogP contribution is 1.89. The van der Waals surface area contributed by atoms with Crippen LogP contribution in [0.5, 0.6) is 0 Å². The summed E-state index contributed by atoms with van der Waals surface area (Å²) in [5.74, 6) is 0.455. The maximum Gasteiger partial charge on any atom is 0.255 e. The third kappa shape index (κ3) is 7.65. The zero-order valence-electron chi connectivity index (χ0n) is 7.23. The van der Waals surface area contributed by atoms with E-state index < -0.39 is 6.43 Å². The summed E-state index contributed by atoms with van der Waals surface area (Å²) in [6.45, 7) is 4.35. The van der Waals surface area contributed by atoms with Crippen molar-refractivity contribution in [1.29, 1.82) is 0 Å². The number of rotatable bonds is 4. The maximum atomic E-state index is 11.6. The molecule has 0 fully saturated rings. The van der Waals surface area contributed by atoms with Gasteiger partial charge in [0.15, 0.2) is 5.11 Å². The Morgan fingerprint density at radius 3 is 2.17 bits per heavy atom. The molecule has 0 saturated carbocycles. The minimum absolute atomic E-state index is 0.295. The van der Waals surface area contributed by atoms with Gasteiger partial charge < -0.3 is 10.6 Å². The fourth-order valence-corrected chi connectivity index (χ4v) is 0.696. The third-order valence-electron chi connectivity index (χ3n) is 1.09. The summed E-state index contributed by atoms with van der Waals surface area (Å²) >= 11 is 4.74. The number of thiocarbonyl (C=S) groups is 1. The van der Waals surface area contributed by atoms with Crippen LogP contribution in [0.15, 0.2) is 0 Å². The summed E-state index contributed by atoms with van der Waals surface area (Å²) in [5.41, 5.74) is 0. The predicted octanol–water partition coefficient (Wildman–Crippen LogP) is 1.37. The third-order valence-corrected chi connectivity index (χ3v) is 1.38. The molecule has 2 N–H and O–H groups in total. The van der Waals surface area contributed by atoms with E-state index in [-0.39, 0.29) is 6.54 Å². The summed E-state index contributed by atoms with van der Waals surface area (Å²) < 4.78 is 23.3. The minimum Gasteiger partial charge on any atom is -0.362 e. The predicted molar refractivity (Wildman–Crippen MR) is 49.4 cm³/mol. The van der Waals surface area contributed by atoms with Crippen LogP contribution in [0.4, 0.5) is 8.78 Å². The minimum atomic E-state index is -2.36. The maximum absolute atomic E-state index is 11.6. The second-order valence-corrected chi connectivity index (χ2v) is 3.28. The summed E-state index contributed by atoms with van der Waals surface area (Å²) in [5, 5.41) is 5.53. The largest absolute Gasteiger partial charge is 0.362 e. The van der Waals surface area contributed by atoms with Crippen LogP contribution in [-0.2, 0) is 0 Å². The van der Waals surface area contributed by atoms with E-state index >= 15 is 0 Å². The average Bonchev–Trinajstić information content (AvgIpc) is 1.96. The summed E-state index contributed by atoms with van der Waals surface area (Å²) in [4.78, 5) is 0. The fourth-order valence-electron chi connectivity index (χ4n) is 0.529. The molecule has 0 aliphatic carbocycles. The molecular weight excluding hydrogens is 182 g/mol. The zero-order chi connectivity index (χ0) is 9.56. The van der Waals surface area contributed by atoms with Gasteiger partial charge in [0.1, 0.15) is 0 Å². The molecule has 0 rings (SSSR count). The molecule has 0 amide bonds. The van der Waals surface area contributed by atoms with Crippen molar-refractivity contribution in [1.82, 2.24) is 10.6 Å². The number of halogens is 2. The van der Waals surface area contributed by atoms with Gasteiger partial charge in [-0.15, -0.1) is 0 Å². The average molecular weight is 196 g/mol. The summed E-state index contributed by atoms with van der Waals surface area (Å²) in [6.07, 6.45) is -2.36. The molecule has 5 heteroatoms. The lowest BCUT2D eigenvalue weighted by Crippen LogP contribution is -2.39. The molecule has 0 saturated heterocycles. The number of alkyl halides is 2. The van der Waals surface area contributed by atoms with E-state index in [4.69, 9.17) is 12.2 Å². The van der Waals surface area contributed by atoms with Crippen LogP contribution < -0.4 is 10.6 Å². The fraction of sp³-hybridized carbons (Fsp3) is 0.857. The quantitative estimate of drug-likeness (QED) is 0.664. The Kier molecular flexibility index (Phi) is 5.88. The summed E-state index contributed by atoms with van der Waals surface area (Å²) in [6, 6.07) is 0. The van der Waals surface area contributed by atoms with Gasteiger partial charge in [-0.05, 0) is 18.1 Å². The van der Waals surface area contributed by atoms with E-state index in [1.165, 1.54) is 0 Å². The standard InChI is InChI=1S/C7H14F2N2S/c1-5(2)3-10-7(12)11-4-6(8)9/h5-6H,3-4H2,1-2H3,(H2,10,11,12). The molecule has 0 aliphatic heterocycles. The number of hydrogen-bond donors (Lipinski definition) is 2. The van der Waals surface area contributed by atoms with Gasteiger partial charge in [0.2, 0.25) is 0 Å². The van der Waals surface area contributed by atoms with Crippen LogP contribution in [-0.4, -0.2) is 24.6 Å². The Balaban J connectivity index is 3.34. The highest BCUT2D eigenvalue weighted by Gasteiger charge is 2.02. The molecule has 72 valence electrons. The van der Waals surface area contributed by atoms with E-state index in [0.29, 0.717) is 17.6 Å². The Labute approximate surface area is 76.7 Å². The van der Waals surface area contributed by atoms with Crippen molar-refractivity contribution in [3.8, 4) is 0 Å². The van der Waals surface area contributed by atoms with Crippen molar-refractivity contribution in [2.45, 2.75) is 20.3 Å². The molecule has 0 bridgehead atoms. The SMILES string of the molecule is CC(C)CNC(=S)NCC(F)F. The number of nitrogens with one attached hydrogen (secondary N) is 2. The topological polar surface area (TPSA) is 24.1 Å². The van der Waals surface area contributed by atoms with Crippen LogP contribution in [0.3, 0.4) is 0 Å². The second-order valence-electron chi connectivity index (χ2n) is 2.88. The Morgan fingerprint density at radius 1 is 1.25 bits per heavy atom. The van der Waals surface area contributed by atoms with Crippen LogP contribution in [0, 0.1) is 5.92 Å². The molecule has 0 aliphatic rings. The molecule has 0 radical (unpaired) electrons. The van der Waals surface area contributed by atoms with Crippen molar-refractivity contribution in [2.75, 3.05) is 13.1 Å². The van der Waals surface area contributed by atoms with Crippen molar-refractivity contribution >= 4 is 17.3 Å².